The summed E-state index contributed by atoms with van der Waals surface area (Å²) in [5, 5.41) is 13.3. The molecule has 1 fully saturated rings. The summed E-state index contributed by atoms with van der Waals surface area (Å²) in [5.74, 6) is -0.604. The summed E-state index contributed by atoms with van der Waals surface area (Å²) in [4.78, 5) is 13.5. The molecule has 0 amide bonds. The second-order valence-electron chi connectivity index (χ2n) is 4.27. The minimum atomic E-state index is -0.988. The number of aliphatic hydroxyl groups excluding tert-OH is 1. The van der Waals surface area contributed by atoms with Gasteiger partial charge in [0.25, 0.3) is 0 Å². The molecule has 5 atom stereocenters. The zero-order valence-corrected chi connectivity index (χ0v) is 10.1. The summed E-state index contributed by atoms with van der Waals surface area (Å²) in [7, 11) is 0. The quantitative estimate of drug-likeness (QED) is 0.348. The van der Waals surface area contributed by atoms with Crippen LogP contribution in [0.1, 0.15) is 20.8 Å². The fourth-order valence-corrected chi connectivity index (χ4v) is 1.86. The van der Waals surface area contributed by atoms with E-state index >= 15 is 0 Å². The van der Waals surface area contributed by atoms with Crippen molar-refractivity contribution in [2.24, 2.45) is 17.0 Å². The molecule has 96 valence electrons. The molecule has 1 rings (SSSR count). The highest BCUT2D eigenvalue weighted by molar-refractivity contribution is 5.66. The van der Waals surface area contributed by atoms with Gasteiger partial charge in [-0.05, 0) is 17.4 Å². The number of carbonyl (C=O) groups excluding carboxylic acids is 1. The Morgan fingerprint density at radius 3 is 2.71 bits per heavy atom. The number of rotatable bonds is 3. The Morgan fingerprint density at radius 2 is 2.18 bits per heavy atom. The molecule has 1 aliphatic heterocycles. The molecule has 0 aromatic rings. The molecular weight excluding hydrogens is 226 g/mol. The molecule has 1 aliphatic rings. The third-order valence-electron chi connectivity index (χ3n) is 3.15. The minimum Gasteiger partial charge on any atom is -0.433 e. The summed E-state index contributed by atoms with van der Waals surface area (Å²) in [6.45, 7) is 5.15. The van der Waals surface area contributed by atoms with E-state index in [1.807, 2.05) is 13.8 Å². The minimum absolute atomic E-state index is 0.0160. The van der Waals surface area contributed by atoms with Crippen LogP contribution in [0.15, 0.2) is 5.11 Å². The van der Waals surface area contributed by atoms with Crippen LogP contribution in [0.3, 0.4) is 0 Å². The maximum Gasteiger partial charge on any atom is 0.305 e. The Morgan fingerprint density at radius 1 is 1.53 bits per heavy atom. The molecule has 1 N–H and O–H groups in total. The van der Waals surface area contributed by atoms with E-state index in [2.05, 4.69) is 10.0 Å². The fraction of sp³-hybridized carbons (Fsp3) is 0.900. The number of ether oxygens (including phenoxy) is 2. The maximum atomic E-state index is 10.9. The fourth-order valence-electron chi connectivity index (χ4n) is 1.86. The molecule has 0 aromatic heterocycles. The van der Waals surface area contributed by atoms with Gasteiger partial charge in [-0.25, -0.2) is 0 Å². The van der Waals surface area contributed by atoms with E-state index in [0.717, 1.165) is 0 Å². The molecule has 7 nitrogen and oxygen atoms in total. The lowest BCUT2D eigenvalue weighted by Gasteiger charge is -2.41. The van der Waals surface area contributed by atoms with Crippen molar-refractivity contribution in [1.82, 2.24) is 0 Å². The topological polar surface area (TPSA) is 105 Å². The monoisotopic (exact) mass is 243 g/mol. The van der Waals surface area contributed by atoms with Gasteiger partial charge >= 0.3 is 5.97 Å². The second-order valence-corrected chi connectivity index (χ2v) is 4.27. The van der Waals surface area contributed by atoms with Crippen LogP contribution in [0.4, 0.5) is 0 Å². The first kappa shape index (κ1) is 13.8. The predicted molar refractivity (Wildman–Crippen MR) is 58.8 cm³/mol. The predicted octanol–water partition coefficient (Wildman–Crippen LogP) is 1.22. The van der Waals surface area contributed by atoms with Crippen LogP contribution in [-0.2, 0) is 14.3 Å². The Hall–Kier alpha value is -1.30. The van der Waals surface area contributed by atoms with Crippen LogP contribution in [0, 0.1) is 11.8 Å². The Kier molecular flexibility index (Phi) is 4.74. The maximum absolute atomic E-state index is 10.9. The molecule has 0 spiro atoms. The van der Waals surface area contributed by atoms with Crippen molar-refractivity contribution >= 4 is 5.97 Å². The first-order valence-corrected chi connectivity index (χ1v) is 5.49. The van der Waals surface area contributed by atoms with Crippen molar-refractivity contribution in [3.63, 3.8) is 0 Å². The van der Waals surface area contributed by atoms with Gasteiger partial charge in [0.2, 0.25) is 6.29 Å². The van der Waals surface area contributed by atoms with E-state index in [4.69, 9.17) is 15.0 Å². The molecule has 2 unspecified atom stereocenters. The van der Waals surface area contributed by atoms with E-state index in [1.54, 1.807) is 0 Å². The number of azide groups is 1. The highest BCUT2D eigenvalue weighted by atomic mass is 16.7. The van der Waals surface area contributed by atoms with Gasteiger partial charge in [0.15, 0.2) is 0 Å². The molecule has 1 heterocycles. The zero-order valence-electron chi connectivity index (χ0n) is 10.1. The van der Waals surface area contributed by atoms with Gasteiger partial charge in [-0.3, -0.25) is 4.79 Å². The molecule has 1 saturated heterocycles. The summed E-state index contributed by atoms with van der Waals surface area (Å²) < 4.78 is 10.3. The number of hydrogen-bond acceptors (Lipinski definition) is 5. The SMILES string of the molecule is CC(=O)O[C@H]1OC(CN=[N+]=[N-])[C@H](C)[C@H](C)C1O. The third-order valence-corrected chi connectivity index (χ3v) is 3.15. The smallest absolute Gasteiger partial charge is 0.305 e. The first-order valence-electron chi connectivity index (χ1n) is 5.49. The van der Waals surface area contributed by atoms with Crippen LogP contribution in [-0.4, -0.2) is 36.1 Å². The van der Waals surface area contributed by atoms with Crippen molar-refractivity contribution in [3.8, 4) is 0 Å². The van der Waals surface area contributed by atoms with E-state index in [1.165, 1.54) is 6.92 Å². The Labute approximate surface area is 99.3 Å². The average Bonchev–Trinajstić information content (AvgIpc) is 2.28. The van der Waals surface area contributed by atoms with E-state index in [9.17, 15) is 9.90 Å². The van der Waals surface area contributed by atoms with Crippen LogP contribution in [0.5, 0.6) is 0 Å². The largest absolute Gasteiger partial charge is 0.433 e. The lowest BCUT2D eigenvalue weighted by molar-refractivity contribution is -0.258. The van der Waals surface area contributed by atoms with Crippen LogP contribution in [0.25, 0.3) is 10.4 Å². The third kappa shape index (κ3) is 3.33. The van der Waals surface area contributed by atoms with Crippen molar-refractivity contribution in [3.05, 3.63) is 10.4 Å². The van der Waals surface area contributed by atoms with E-state index in [0.29, 0.717) is 0 Å². The van der Waals surface area contributed by atoms with E-state index in [-0.39, 0.29) is 24.5 Å². The summed E-state index contributed by atoms with van der Waals surface area (Å²) in [6.07, 6.45) is -2.21. The Balaban J connectivity index is 2.74. The number of esters is 1. The summed E-state index contributed by atoms with van der Waals surface area (Å²) >= 11 is 0. The number of nitrogens with zero attached hydrogens (tertiary/aromatic N) is 3. The molecular formula is C10H17N3O4. The van der Waals surface area contributed by atoms with Crippen LogP contribution >= 0.6 is 0 Å². The van der Waals surface area contributed by atoms with Gasteiger partial charge in [-0.2, -0.15) is 0 Å². The normalized spacial score (nSPS) is 37.1. The van der Waals surface area contributed by atoms with Gasteiger partial charge in [0, 0.05) is 11.8 Å². The molecule has 7 heteroatoms. The van der Waals surface area contributed by atoms with Crippen molar-refractivity contribution in [1.29, 1.82) is 0 Å². The van der Waals surface area contributed by atoms with E-state index < -0.39 is 18.4 Å². The van der Waals surface area contributed by atoms with Gasteiger partial charge in [-0.1, -0.05) is 19.0 Å². The molecule has 0 bridgehead atoms. The molecule has 0 radical (unpaired) electrons. The van der Waals surface area contributed by atoms with Gasteiger partial charge in [-0.15, -0.1) is 0 Å². The standard InChI is InChI=1S/C10H17N3O4/c1-5-6(2)9(15)10(16-7(3)14)17-8(5)4-12-13-11/h5-6,8-10,15H,4H2,1-3H3/t5-,6+,8?,9?,10+/m1/s1. The Bertz CT molecular complexity index is 314. The van der Waals surface area contributed by atoms with Crippen molar-refractivity contribution in [2.75, 3.05) is 6.54 Å². The molecule has 17 heavy (non-hydrogen) atoms. The highest BCUT2D eigenvalue weighted by Crippen LogP contribution is 2.31. The lowest BCUT2D eigenvalue weighted by Crippen LogP contribution is -2.51. The second kappa shape index (κ2) is 5.86. The van der Waals surface area contributed by atoms with Crippen molar-refractivity contribution in [2.45, 2.75) is 39.3 Å². The molecule has 0 aromatic carbocycles. The molecule has 0 saturated carbocycles. The highest BCUT2D eigenvalue weighted by Gasteiger charge is 2.41. The number of aliphatic hydroxyl groups is 1. The van der Waals surface area contributed by atoms with Crippen LogP contribution in [0.2, 0.25) is 0 Å². The van der Waals surface area contributed by atoms with Crippen LogP contribution < -0.4 is 0 Å². The lowest BCUT2D eigenvalue weighted by atomic mass is 9.83. The average molecular weight is 243 g/mol. The first-order chi connectivity index (χ1) is 7.97. The summed E-state index contributed by atoms with van der Waals surface area (Å²) in [5.41, 5.74) is 8.28. The zero-order chi connectivity index (χ0) is 13.0. The van der Waals surface area contributed by atoms with Crippen molar-refractivity contribution < 1.29 is 19.4 Å². The molecule has 0 aliphatic carbocycles. The number of carbonyl (C=O) groups is 1. The summed E-state index contributed by atoms with van der Waals surface area (Å²) in [6, 6.07) is 0. The van der Waals surface area contributed by atoms with Gasteiger partial charge < -0.3 is 14.6 Å². The number of hydrogen-bond donors (Lipinski definition) is 1. The van der Waals surface area contributed by atoms with Gasteiger partial charge in [0.1, 0.15) is 6.10 Å². The van der Waals surface area contributed by atoms with Gasteiger partial charge in [0.05, 0.1) is 12.6 Å².